The molecule has 2 aliphatic rings. The van der Waals surface area contributed by atoms with Crippen LogP contribution in [0.3, 0.4) is 0 Å². The van der Waals surface area contributed by atoms with E-state index in [-0.39, 0.29) is 12.1 Å². The van der Waals surface area contributed by atoms with Crippen molar-refractivity contribution in [1.29, 1.82) is 0 Å². The number of hydrogen-bond acceptors (Lipinski definition) is 4. The summed E-state index contributed by atoms with van der Waals surface area (Å²) < 4.78 is 0. The van der Waals surface area contributed by atoms with Gasteiger partial charge in [-0.25, -0.2) is 0 Å². The first-order valence-electron chi connectivity index (χ1n) is 7.69. The molecule has 6 N–H and O–H groups in total. The molecule has 0 spiro atoms. The van der Waals surface area contributed by atoms with Crippen LogP contribution in [0.1, 0.15) is 34.3 Å². The molecule has 0 heterocycles. The Bertz CT molecular complexity index is 744. The third kappa shape index (κ3) is 1.85. The van der Waals surface area contributed by atoms with Crippen LogP contribution in [0.15, 0.2) is 36.4 Å². The Morgan fingerprint density at radius 3 is 2.32 bits per heavy atom. The monoisotopic (exact) mass is 296 g/mol. The highest BCUT2D eigenvalue weighted by Crippen LogP contribution is 2.42. The lowest BCUT2D eigenvalue weighted by Gasteiger charge is -2.17. The zero-order valence-corrected chi connectivity index (χ0v) is 12.2. The van der Waals surface area contributed by atoms with Crippen LogP contribution in [0.25, 0.3) is 11.1 Å². The van der Waals surface area contributed by atoms with Crippen molar-refractivity contribution < 1.29 is 10.2 Å². The molecule has 0 amide bonds. The third-order valence-electron chi connectivity index (χ3n) is 5.06. The van der Waals surface area contributed by atoms with Crippen LogP contribution in [0.4, 0.5) is 0 Å². The predicted octanol–water partition coefficient (Wildman–Crippen LogP) is 1.19. The smallest absolute Gasteiger partial charge is 0.0773 e. The van der Waals surface area contributed by atoms with Crippen molar-refractivity contribution in [3.05, 3.63) is 58.7 Å². The molecule has 0 saturated heterocycles. The third-order valence-corrected chi connectivity index (χ3v) is 5.06. The van der Waals surface area contributed by atoms with E-state index in [2.05, 4.69) is 6.07 Å². The zero-order chi connectivity index (χ0) is 15.4. The van der Waals surface area contributed by atoms with E-state index < -0.39 is 12.2 Å². The van der Waals surface area contributed by atoms with Crippen LogP contribution in [0.2, 0.25) is 0 Å². The maximum absolute atomic E-state index is 10.1. The van der Waals surface area contributed by atoms with Crippen molar-refractivity contribution in [1.82, 2.24) is 0 Å². The van der Waals surface area contributed by atoms with Crippen LogP contribution >= 0.6 is 0 Å². The van der Waals surface area contributed by atoms with Crippen LogP contribution in [0.5, 0.6) is 0 Å². The summed E-state index contributed by atoms with van der Waals surface area (Å²) in [6.45, 7) is 0. The van der Waals surface area contributed by atoms with E-state index in [0.29, 0.717) is 12.8 Å². The summed E-state index contributed by atoms with van der Waals surface area (Å²) in [6.07, 6.45) is 0.100. The molecule has 2 aromatic carbocycles. The first-order valence-corrected chi connectivity index (χ1v) is 7.69. The molecule has 2 aliphatic carbocycles. The fourth-order valence-electron chi connectivity index (χ4n) is 3.90. The second-order valence-corrected chi connectivity index (χ2v) is 6.35. The lowest BCUT2D eigenvalue weighted by molar-refractivity contribution is 0.158. The number of rotatable bonds is 1. The molecule has 0 aromatic heterocycles. The minimum atomic E-state index is -0.535. The Labute approximate surface area is 129 Å². The second kappa shape index (κ2) is 4.89. The van der Waals surface area contributed by atoms with Crippen LogP contribution in [0, 0.1) is 0 Å². The lowest BCUT2D eigenvalue weighted by Crippen LogP contribution is -2.21. The van der Waals surface area contributed by atoms with Crippen LogP contribution < -0.4 is 11.5 Å². The quantitative estimate of drug-likeness (QED) is 0.636. The fraction of sp³-hybridized carbons (Fsp3) is 0.333. The van der Waals surface area contributed by atoms with Gasteiger partial charge in [-0.1, -0.05) is 36.4 Å². The Morgan fingerprint density at radius 1 is 0.818 bits per heavy atom. The van der Waals surface area contributed by atoms with Crippen molar-refractivity contribution in [2.24, 2.45) is 11.5 Å². The summed E-state index contributed by atoms with van der Waals surface area (Å²) in [5.74, 6) is 0. The lowest BCUT2D eigenvalue weighted by atomic mass is 9.90. The number of benzene rings is 2. The van der Waals surface area contributed by atoms with Gasteiger partial charge in [-0.15, -0.1) is 0 Å². The molecule has 0 saturated carbocycles. The van der Waals surface area contributed by atoms with Crippen molar-refractivity contribution >= 4 is 0 Å². The topological polar surface area (TPSA) is 92.5 Å². The molecule has 0 aliphatic heterocycles. The van der Waals surface area contributed by atoms with E-state index in [0.717, 1.165) is 33.4 Å². The van der Waals surface area contributed by atoms with Gasteiger partial charge in [0, 0.05) is 12.8 Å². The number of aliphatic hydroxyl groups excluding tert-OH is 2. The summed E-state index contributed by atoms with van der Waals surface area (Å²) in [5, 5.41) is 20.2. The predicted molar refractivity (Wildman–Crippen MR) is 85.2 cm³/mol. The Hall–Kier alpha value is -1.72. The van der Waals surface area contributed by atoms with E-state index in [1.165, 1.54) is 0 Å². The average Bonchev–Trinajstić information content (AvgIpc) is 2.97. The molecular formula is C18H20N2O2. The molecule has 0 radical (unpaired) electrons. The molecule has 22 heavy (non-hydrogen) atoms. The molecule has 2 aromatic rings. The number of nitrogens with two attached hydrogens (primary N) is 2. The van der Waals surface area contributed by atoms with Gasteiger partial charge in [0.05, 0.1) is 24.3 Å². The van der Waals surface area contributed by atoms with Crippen molar-refractivity contribution in [2.45, 2.75) is 37.1 Å². The minimum Gasteiger partial charge on any atom is -0.391 e. The molecule has 4 atom stereocenters. The standard InChI is InChI=1S/C18H20N2O2/c19-17-12-6-2-4-10(13(12)8-15(17)22)11-5-1-3-9-7-14(21)18(20)16(9)11/h1-6,14-15,17-18,21-22H,7-8,19-20H2/t14-,15+,17-,18-/m0/s1. The van der Waals surface area contributed by atoms with Gasteiger partial charge in [0.15, 0.2) is 0 Å². The van der Waals surface area contributed by atoms with Gasteiger partial charge in [-0.3, -0.25) is 0 Å². The van der Waals surface area contributed by atoms with E-state index in [1.54, 1.807) is 0 Å². The Balaban J connectivity index is 1.92. The van der Waals surface area contributed by atoms with Crippen molar-refractivity contribution in [3.8, 4) is 11.1 Å². The number of fused-ring (bicyclic) bond motifs is 2. The molecule has 114 valence electrons. The molecule has 0 unspecified atom stereocenters. The highest BCUT2D eigenvalue weighted by atomic mass is 16.3. The second-order valence-electron chi connectivity index (χ2n) is 6.35. The maximum Gasteiger partial charge on any atom is 0.0773 e. The van der Waals surface area contributed by atoms with E-state index in [4.69, 9.17) is 11.5 Å². The van der Waals surface area contributed by atoms with E-state index in [1.807, 2.05) is 30.3 Å². The largest absolute Gasteiger partial charge is 0.391 e. The summed E-state index contributed by atoms with van der Waals surface area (Å²) >= 11 is 0. The van der Waals surface area contributed by atoms with E-state index >= 15 is 0 Å². The van der Waals surface area contributed by atoms with Gasteiger partial charge in [0.25, 0.3) is 0 Å². The summed E-state index contributed by atoms with van der Waals surface area (Å²) in [6, 6.07) is 11.4. The van der Waals surface area contributed by atoms with Gasteiger partial charge < -0.3 is 21.7 Å². The molecule has 4 nitrogen and oxygen atoms in total. The van der Waals surface area contributed by atoms with Crippen molar-refractivity contribution in [3.63, 3.8) is 0 Å². The van der Waals surface area contributed by atoms with E-state index in [9.17, 15) is 10.2 Å². The van der Waals surface area contributed by atoms with Crippen LogP contribution in [-0.2, 0) is 12.8 Å². The Morgan fingerprint density at radius 2 is 1.50 bits per heavy atom. The number of aliphatic hydroxyl groups is 2. The van der Waals surface area contributed by atoms with Gasteiger partial charge in [0.2, 0.25) is 0 Å². The fourth-order valence-corrected chi connectivity index (χ4v) is 3.90. The highest BCUT2D eigenvalue weighted by molar-refractivity contribution is 5.75. The van der Waals surface area contributed by atoms with Gasteiger partial charge >= 0.3 is 0 Å². The molecular weight excluding hydrogens is 276 g/mol. The summed E-state index contributed by atoms with van der Waals surface area (Å²) in [4.78, 5) is 0. The Kier molecular flexibility index (Phi) is 3.09. The normalized spacial score (nSPS) is 29.5. The summed E-state index contributed by atoms with van der Waals surface area (Å²) in [7, 11) is 0. The highest BCUT2D eigenvalue weighted by Gasteiger charge is 2.34. The summed E-state index contributed by atoms with van der Waals surface area (Å²) in [5.41, 5.74) is 18.7. The molecule has 0 bridgehead atoms. The van der Waals surface area contributed by atoms with Crippen molar-refractivity contribution in [2.75, 3.05) is 0 Å². The average molecular weight is 296 g/mol. The van der Waals surface area contributed by atoms with Gasteiger partial charge in [-0.05, 0) is 33.4 Å². The first-order chi connectivity index (χ1) is 10.6. The van der Waals surface area contributed by atoms with Crippen LogP contribution in [-0.4, -0.2) is 22.4 Å². The molecule has 4 heteroatoms. The molecule has 4 rings (SSSR count). The maximum atomic E-state index is 10.1. The molecule has 0 fully saturated rings. The zero-order valence-electron chi connectivity index (χ0n) is 12.2. The van der Waals surface area contributed by atoms with Gasteiger partial charge in [0.1, 0.15) is 0 Å². The minimum absolute atomic E-state index is 0.328. The SMILES string of the molecule is N[C@@H]1c2c(cccc2-c2cccc3c2C[C@@H](O)[C@H]3N)C[C@@H]1O. The van der Waals surface area contributed by atoms with Gasteiger partial charge in [-0.2, -0.15) is 0 Å². The number of hydrogen-bond donors (Lipinski definition) is 4. The first kappa shape index (κ1) is 13.9.